The van der Waals surface area contributed by atoms with Crippen molar-refractivity contribution in [3.8, 4) is 6.07 Å². The lowest BCUT2D eigenvalue weighted by Crippen LogP contribution is -2.50. The summed E-state index contributed by atoms with van der Waals surface area (Å²) in [5.41, 5.74) is 0. The molecule has 1 aromatic heterocycles. The number of nitrogens with zero attached hydrogens (tertiary/aromatic N) is 6. The molecule has 0 aliphatic rings. The lowest BCUT2D eigenvalue weighted by molar-refractivity contribution is 0.0934. The molecule has 0 atom stereocenters. The third kappa shape index (κ3) is 8.22. The van der Waals surface area contributed by atoms with Gasteiger partial charge in [0.2, 0.25) is 5.82 Å². The third-order valence-electron chi connectivity index (χ3n) is 3.74. The van der Waals surface area contributed by atoms with Crippen LogP contribution in [0.1, 0.15) is 45.9 Å². The van der Waals surface area contributed by atoms with Crippen molar-refractivity contribution in [1.82, 2.24) is 19.9 Å². The molecular formula is C19H32N6O2. The summed E-state index contributed by atoms with van der Waals surface area (Å²) in [4.78, 5) is 23.1. The third-order valence-corrected chi connectivity index (χ3v) is 3.74. The highest BCUT2D eigenvalue weighted by Crippen LogP contribution is 2.17. The van der Waals surface area contributed by atoms with Crippen LogP contribution >= 0.6 is 0 Å². The van der Waals surface area contributed by atoms with E-state index in [0.29, 0.717) is 25.5 Å². The molecule has 0 saturated carbocycles. The molecule has 0 saturated heterocycles. The molecule has 0 aliphatic carbocycles. The van der Waals surface area contributed by atoms with E-state index in [1.165, 1.54) is 6.20 Å². The summed E-state index contributed by atoms with van der Waals surface area (Å²) in [5, 5.41) is 12.5. The zero-order chi connectivity index (χ0) is 20.2. The zero-order valence-electron chi connectivity index (χ0n) is 17.2. The quantitative estimate of drug-likeness (QED) is 0.433. The SMILES string of the molecule is CCCCOC(=O)N(CCCN(C)C)N(CC(C)C)c1ccnc(C#N)n1. The number of unbranched alkanes of at least 4 members (excludes halogenated alkanes) is 1. The highest BCUT2D eigenvalue weighted by Gasteiger charge is 2.25. The van der Waals surface area contributed by atoms with Crippen molar-refractivity contribution in [3.63, 3.8) is 0 Å². The van der Waals surface area contributed by atoms with Crippen LogP contribution in [0.4, 0.5) is 10.6 Å². The van der Waals surface area contributed by atoms with Crippen molar-refractivity contribution in [2.75, 3.05) is 45.3 Å². The minimum Gasteiger partial charge on any atom is -0.448 e. The van der Waals surface area contributed by atoms with Crippen molar-refractivity contribution in [1.29, 1.82) is 5.26 Å². The van der Waals surface area contributed by atoms with E-state index in [0.717, 1.165) is 25.8 Å². The topological polar surface area (TPSA) is 85.6 Å². The summed E-state index contributed by atoms with van der Waals surface area (Å²) in [6, 6.07) is 3.66. The molecule has 0 bridgehead atoms. The predicted octanol–water partition coefficient (Wildman–Crippen LogP) is 2.92. The van der Waals surface area contributed by atoms with Crippen LogP contribution in [0.5, 0.6) is 0 Å². The van der Waals surface area contributed by atoms with Gasteiger partial charge in [-0.3, -0.25) is 5.01 Å². The molecule has 0 aromatic carbocycles. The van der Waals surface area contributed by atoms with E-state index in [1.54, 1.807) is 16.1 Å². The Balaban J connectivity index is 3.10. The van der Waals surface area contributed by atoms with Gasteiger partial charge in [-0.05, 0) is 39.4 Å². The summed E-state index contributed by atoms with van der Waals surface area (Å²) in [7, 11) is 4.00. The minimum atomic E-state index is -0.389. The first-order valence-electron chi connectivity index (χ1n) is 9.48. The number of hydrogen-bond donors (Lipinski definition) is 0. The highest BCUT2D eigenvalue weighted by molar-refractivity contribution is 5.70. The molecule has 1 amide bonds. The molecule has 0 spiro atoms. The number of rotatable bonds is 11. The number of aromatic nitrogens is 2. The normalized spacial score (nSPS) is 10.7. The van der Waals surface area contributed by atoms with E-state index < -0.39 is 0 Å². The highest BCUT2D eigenvalue weighted by atomic mass is 16.6. The van der Waals surface area contributed by atoms with Crippen LogP contribution in [0.25, 0.3) is 0 Å². The van der Waals surface area contributed by atoms with Gasteiger partial charge in [0.1, 0.15) is 6.07 Å². The number of amides is 1. The summed E-state index contributed by atoms with van der Waals surface area (Å²) < 4.78 is 5.47. The van der Waals surface area contributed by atoms with Gasteiger partial charge in [-0.2, -0.15) is 10.2 Å². The predicted molar refractivity (Wildman–Crippen MR) is 105 cm³/mol. The fraction of sp³-hybridized carbons (Fsp3) is 0.684. The van der Waals surface area contributed by atoms with Gasteiger partial charge in [0.25, 0.3) is 0 Å². The molecule has 0 radical (unpaired) electrons. The number of hydrogen-bond acceptors (Lipinski definition) is 7. The number of carbonyl (C=O) groups is 1. The lowest BCUT2D eigenvalue weighted by Gasteiger charge is -2.36. The van der Waals surface area contributed by atoms with Crippen LogP contribution in [0.15, 0.2) is 12.3 Å². The Morgan fingerprint density at radius 1 is 1.30 bits per heavy atom. The van der Waals surface area contributed by atoms with Crippen LogP contribution in [0.3, 0.4) is 0 Å². The number of ether oxygens (including phenoxy) is 1. The average molecular weight is 377 g/mol. The number of nitriles is 1. The van der Waals surface area contributed by atoms with E-state index in [9.17, 15) is 4.79 Å². The first-order chi connectivity index (χ1) is 12.9. The standard InChI is InChI=1S/C19H32N6O2/c1-6-7-13-27-19(26)24(12-8-11-23(4)5)25(15-16(2)3)18-9-10-21-17(14-20)22-18/h9-10,16H,6-8,11-13,15H2,1-5H3. The minimum absolute atomic E-state index is 0.0776. The van der Waals surface area contributed by atoms with Gasteiger partial charge in [-0.15, -0.1) is 0 Å². The van der Waals surface area contributed by atoms with Crippen molar-refractivity contribution in [3.05, 3.63) is 18.1 Å². The fourth-order valence-corrected chi connectivity index (χ4v) is 2.43. The van der Waals surface area contributed by atoms with Gasteiger partial charge in [-0.25, -0.2) is 14.8 Å². The van der Waals surface area contributed by atoms with Crippen molar-refractivity contribution < 1.29 is 9.53 Å². The number of hydrazine groups is 1. The van der Waals surface area contributed by atoms with Crippen LogP contribution in [-0.2, 0) is 4.74 Å². The van der Waals surface area contributed by atoms with E-state index >= 15 is 0 Å². The Bertz CT molecular complexity index is 614. The molecule has 0 fully saturated rings. The Hall–Kier alpha value is -2.40. The molecule has 8 heteroatoms. The molecule has 27 heavy (non-hydrogen) atoms. The Morgan fingerprint density at radius 3 is 2.63 bits per heavy atom. The summed E-state index contributed by atoms with van der Waals surface area (Å²) in [6.45, 7) is 8.51. The van der Waals surface area contributed by atoms with Gasteiger partial charge >= 0.3 is 6.09 Å². The summed E-state index contributed by atoms with van der Waals surface area (Å²) in [6.07, 6.45) is 3.73. The zero-order valence-corrected chi connectivity index (χ0v) is 17.2. The molecule has 0 N–H and O–H groups in total. The maximum absolute atomic E-state index is 12.8. The molecule has 1 aromatic rings. The molecule has 150 valence electrons. The van der Waals surface area contributed by atoms with E-state index in [-0.39, 0.29) is 17.8 Å². The number of carbonyl (C=O) groups excluding carboxylic acids is 1. The Morgan fingerprint density at radius 2 is 2.04 bits per heavy atom. The van der Waals surface area contributed by atoms with Gasteiger partial charge < -0.3 is 9.64 Å². The second-order valence-corrected chi connectivity index (χ2v) is 7.07. The van der Waals surface area contributed by atoms with Crippen molar-refractivity contribution >= 4 is 11.9 Å². The maximum atomic E-state index is 12.8. The van der Waals surface area contributed by atoms with Crippen LogP contribution in [0.2, 0.25) is 0 Å². The largest absolute Gasteiger partial charge is 0.448 e. The molecule has 1 rings (SSSR count). The average Bonchev–Trinajstić information content (AvgIpc) is 2.63. The second-order valence-electron chi connectivity index (χ2n) is 7.07. The van der Waals surface area contributed by atoms with Crippen LogP contribution < -0.4 is 5.01 Å². The first-order valence-corrected chi connectivity index (χ1v) is 9.48. The lowest BCUT2D eigenvalue weighted by atomic mass is 10.2. The van der Waals surface area contributed by atoms with Gasteiger partial charge in [-0.1, -0.05) is 27.2 Å². The van der Waals surface area contributed by atoms with E-state index in [1.807, 2.05) is 20.2 Å². The second kappa shape index (κ2) is 12.1. The Labute approximate surface area is 162 Å². The molecular weight excluding hydrogens is 344 g/mol. The maximum Gasteiger partial charge on any atom is 0.428 e. The van der Waals surface area contributed by atoms with Gasteiger partial charge in [0.15, 0.2) is 5.82 Å². The first kappa shape index (κ1) is 22.6. The molecule has 0 aliphatic heterocycles. The monoisotopic (exact) mass is 376 g/mol. The Kier molecular flexibility index (Phi) is 10.1. The fourth-order valence-electron chi connectivity index (χ4n) is 2.43. The van der Waals surface area contributed by atoms with E-state index in [4.69, 9.17) is 10.00 Å². The molecule has 0 unspecified atom stereocenters. The smallest absolute Gasteiger partial charge is 0.428 e. The van der Waals surface area contributed by atoms with Crippen molar-refractivity contribution in [2.24, 2.45) is 5.92 Å². The van der Waals surface area contributed by atoms with E-state index in [2.05, 4.69) is 35.6 Å². The summed E-state index contributed by atoms with van der Waals surface area (Å²) in [5.74, 6) is 0.881. The molecule has 8 nitrogen and oxygen atoms in total. The molecule has 1 heterocycles. The van der Waals surface area contributed by atoms with Gasteiger partial charge in [0.05, 0.1) is 6.61 Å². The number of anilines is 1. The van der Waals surface area contributed by atoms with Crippen molar-refractivity contribution in [2.45, 2.75) is 40.0 Å². The van der Waals surface area contributed by atoms with Gasteiger partial charge in [0, 0.05) is 25.4 Å². The summed E-state index contributed by atoms with van der Waals surface area (Å²) >= 11 is 0. The van der Waals surface area contributed by atoms with Crippen LogP contribution in [-0.4, -0.2) is 66.3 Å². The van der Waals surface area contributed by atoms with Crippen LogP contribution in [0, 0.1) is 17.2 Å².